The number of hydrogen-bond donors (Lipinski definition) is 1. The summed E-state index contributed by atoms with van der Waals surface area (Å²) in [5.41, 5.74) is 1.23. The number of fused-ring (bicyclic) bond motifs is 2. The van der Waals surface area contributed by atoms with E-state index in [9.17, 15) is 14.4 Å². The lowest BCUT2D eigenvalue weighted by Gasteiger charge is -2.37. The number of nitrogens with one attached hydrogen (secondary N) is 1. The SMILES string of the molecule is Cc1c(C(=O)N2CCN3C(=O)CC[C@H]3C2)cnn1-c1nn2cccc2c(=O)[nH]1. The summed E-state index contributed by atoms with van der Waals surface area (Å²) < 4.78 is 2.94. The third kappa shape index (κ3) is 2.44. The predicted octanol–water partition coefficient (Wildman–Crippen LogP) is -0.0365. The van der Waals surface area contributed by atoms with Crippen molar-refractivity contribution in [2.24, 2.45) is 0 Å². The largest absolute Gasteiger partial charge is 0.336 e. The summed E-state index contributed by atoms with van der Waals surface area (Å²) in [7, 11) is 0. The maximum Gasteiger partial charge on any atom is 0.276 e. The van der Waals surface area contributed by atoms with Crippen LogP contribution in [0.3, 0.4) is 0 Å². The van der Waals surface area contributed by atoms with Crippen LogP contribution in [0.15, 0.2) is 29.3 Å². The van der Waals surface area contributed by atoms with Gasteiger partial charge in [-0.3, -0.25) is 19.4 Å². The number of H-pyrrole nitrogens is 1. The number of amides is 2. The zero-order valence-electron chi connectivity index (χ0n) is 15.3. The Morgan fingerprint density at radius 2 is 2.14 bits per heavy atom. The molecule has 0 aromatic carbocycles. The molecule has 2 aliphatic heterocycles. The van der Waals surface area contributed by atoms with Gasteiger partial charge in [0, 0.05) is 38.3 Å². The maximum absolute atomic E-state index is 13.0. The second-order valence-corrected chi connectivity index (χ2v) is 7.20. The smallest absolute Gasteiger partial charge is 0.276 e. The Hall–Kier alpha value is -3.43. The lowest BCUT2D eigenvalue weighted by Crippen LogP contribution is -2.53. The molecule has 10 nitrogen and oxygen atoms in total. The van der Waals surface area contributed by atoms with E-state index in [2.05, 4.69) is 15.2 Å². The molecule has 0 unspecified atom stereocenters. The molecule has 0 saturated carbocycles. The minimum atomic E-state index is -0.278. The van der Waals surface area contributed by atoms with Gasteiger partial charge in [-0.15, -0.1) is 5.10 Å². The molecule has 144 valence electrons. The van der Waals surface area contributed by atoms with Crippen LogP contribution >= 0.6 is 0 Å². The molecule has 2 amide bonds. The molecule has 0 aliphatic carbocycles. The molecule has 2 fully saturated rings. The molecular formula is C18H19N7O3. The molecule has 0 radical (unpaired) electrons. The van der Waals surface area contributed by atoms with Crippen LogP contribution in [0.5, 0.6) is 0 Å². The number of carbonyl (C=O) groups excluding carboxylic acids is 2. The van der Waals surface area contributed by atoms with E-state index in [-0.39, 0.29) is 29.4 Å². The van der Waals surface area contributed by atoms with Gasteiger partial charge < -0.3 is 9.80 Å². The van der Waals surface area contributed by atoms with Gasteiger partial charge in [0.2, 0.25) is 11.9 Å². The summed E-state index contributed by atoms with van der Waals surface area (Å²) in [5.74, 6) is 0.306. The summed E-state index contributed by atoms with van der Waals surface area (Å²) in [4.78, 5) is 43.4. The Labute approximate surface area is 159 Å². The number of hydrogen-bond acceptors (Lipinski definition) is 5. The van der Waals surface area contributed by atoms with Gasteiger partial charge in [-0.2, -0.15) is 5.10 Å². The summed E-state index contributed by atoms with van der Waals surface area (Å²) in [6, 6.07) is 3.52. The first-order valence-electron chi connectivity index (χ1n) is 9.24. The first-order valence-corrected chi connectivity index (χ1v) is 9.24. The highest BCUT2D eigenvalue weighted by Gasteiger charge is 2.37. The molecule has 1 N–H and O–H groups in total. The molecule has 3 aromatic rings. The van der Waals surface area contributed by atoms with E-state index in [0.717, 1.165) is 6.42 Å². The fourth-order valence-electron chi connectivity index (χ4n) is 4.08. The Morgan fingerprint density at radius 1 is 1.29 bits per heavy atom. The van der Waals surface area contributed by atoms with Crippen LogP contribution in [0, 0.1) is 6.92 Å². The third-order valence-corrected chi connectivity index (χ3v) is 5.61. The van der Waals surface area contributed by atoms with E-state index in [1.807, 2.05) is 4.90 Å². The normalized spacial score (nSPS) is 19.5. The van der Waals surface area contributed by atoms with Crippen LogP contribution < -0.4 is 5.56 Å². The summed E-state index contributed by atoms with van der Waals surface area (Å²) in [6.45, 7) is 3.40. The van der Waals surface area contributed by atoms with Crippen molar-refractivity contribution in [3.8, 4) is 5.95 Å². The molecule has 2 aliphatic rings. The number of rotatable bonds is 2. The fourth-order valence-corrected chi connectivity index (χ4v) is 4.08. The molecule has 0 spiro atoms. The van der Waals surface area contributed by atoms with Crippen LogP contribution in [0.1, 0.15) is 28.9 Å². The van der Waals surface area contributed by atoms with E-state index >= 15 is 0 Å². The minimum absolute atomic E-state index is 0.106. The summed E-state index contributed by atoms with van der Waals surface area (Å²) in [5, 5.41) is 8.63. The molecular weight excluding hydrogens is 362 g/mol. The van der Waals surface area contributed by atoms with E-state index in [1.165, 1.54) is 15.4 Å². The van der Waals surface area contributed by atoms with Gasteiger partial charge in [-0.05, 0) is 25.5 Å². The van der Waals surface area contributed by atoms with Crippen molar-refractivity contribution in [2.75, 3.05) is 19.6 Å². The van der Waals surface area contributed by atoms with Crippen molar-refractivity contribution < 1.29 is 9.59 Å². The van der Waals surface area contributed by atoms with E-state index in [0.29, 0.717) is 42.8 Å². The average Bonchev–Trinajstić information content (AvgIpc) is 3.40. The van der Waals surface area contributed by atoms with E-state index < -0.39 is 0 Å². The molecule has 0 bridgehead atoms. The number of aromatic amines is 1. The number of aromatic nitrogens is 5. The first kappa shape index (κ1) is 16.7. The predicted molar refractivity (Wildman–Crippen MR) is 98.3 cm³/mol. The maximum atomic E-state index is 13.0. The molecule has 10 heteroatoms. The van der Waals surface area contributed by atoms with Crippen molar-refractivity contribution in [3.05, 3.63) is 46.1 Å². The standard InChI is InChI=1S/C18H19N7O3/c1-11-13(17(28)22-7-8-23-12(10-22)4-5-15(23)26)9-19-25(11)18-20-16(27)14-3-2-6-24(14)21-18/h2-3,6,9,12H,4-5,7-8,10H2,1H3,(H,20,21,27)/t12-/m0/s1. The van der Waals surface area contributed by atoms with Crippen molar-refractivity contribution >= 4 is 17.3 Å². The summed E-state index contributed by atoms with van der Waals surface area (Å²) >= 11 is 0. The van der Waals surface area contributed by atoms with Gasteiger partial charge >= 0.3 is 0 Å². The average molecular weight is 381 g/mol. The first-order chi connectivity index (χ1) is 13.5. The zero-order valence-corrected chi connectivity index (χ0v) is 15.3. The monoisotopic (exact) mass is 381 g/mol. The minimum Gasteiger partial charge on any atom is -0.336 e. The summed E-state index contributed by atoms with van der Waals surface area (Å²) in [6.07, 6.45) is 4.54. The number of piperazine rings is 1. The zero-order chi connectivity index (χ0) is 19.4. The second kappa shape index (κ2) is 6.04. The quantitative estimate of drug-likeness (QED) is 0.670. The molecule has 1 atom stereocenters. The lowest BCUT2D eigenvalue weighted by atomic mass is 10.1. The fraction of sp³-hybridized carbons (Fsp3) is 0.389. The number of carbonyl (C=O) groups is 2. The number of nitrogens with zero attached hydrogens (tertiary/aromatic N) is 6. The molecule has 5 rings (SSSR count). The van der Waals surface area contributed by atoms with Crippen LogP contribution in [0.25, 0.3) is 11.5 Å². The van der Waals surface area contributed by atoms with Crippen LogP contribution in [0.4, 0.5) is 0 Å². The third-order valence-electron chi connectivity index (χ3n) is 5.61. The van der Waals surface area contributed by atoms with Gasteiger partial charge in [-0.1, -0.05) is 0 Å². The lowest BCUT2D eigenvalue weighted by molar-refractivity contribution is -0.130. The van der Waals surface area contributed by atoms with Crippen molar-refractivity contribution in [1.29, 1.82) is 0 Å². The van der Waals surface area contributed by atoms with Crippen LogP contribution in [0.2, 0.25) is 0 Å². The Balaban J connectivity index is 1.44. The van der Waals surface area contributed by atoms with Crippen LogP contribution in [-0.2, 0) is 4.79 Å². The van der Waals surface area contributed by atoms with Gasteiger partial charge in [0.1, 0.15) is 5.52 Å². The van der Waals surface area contributed by atoms with Crippen molar-refractivity contribution in [2.45, 2.75) is 25.8 Å². The highest BCUT2D eigenvalue weighted by Crippen LogP contribution is 2.24. The van der Waals surface area contributed by atoms with Crippen molar-refractivity contribution in [1.82, 2.24) is 34.2 Å². The van der Waals surface area contributed by atoms with Crippen molar-refractivity contribution in [3.63, 3.8) is 0 Å². The molecule has 5 heterocycles. The Morgan fingerprint density at radius 3 is 3.00 bits per heavy atom. The van der Waals surface area contributed by atoms with E-state index in [1.54, 1.807) is 30.2 Å². The van der Waals surface area contributed by atoms with Gasteiger partial charge in [0.05, 0.1) is 17.5 Å². The Kier molecular flexibility index (Phi) is 3.61. The molecule has 3 aromatic heterocycles. The van der Waals surface area contributed by atoms with Crippen LogP contribution in [-0.4, -0.2) is 71.7 Å². The molecule has 2 saturated heterocycles. The van der Waals surface area contributed by atoms with E-state index in [4.69, 9.17) is 0 Å². The van der Waals surface area contributed by atoms with Gasteiger partial charge in [0.25, 0.3) is 11.5 Å². The highest BCUT2D eigenvalue weighted by molar-refractivity contribution is 5.95. The second-order valence-electron chi connectivity index (χ2n) is 7.20. The van der Waals surface area contributed by atoms with Gasteiger partial charge in [-0.25, -0.2) is 9.20 Å². The Bertz CT molecular complexity index is 1160. The highest BCUT2D eigenvalue weighted by atomic mass is 16.2. The topological polar surface area (TPSA) is 109 Å². The van der Waals surface area contributed by atoms with Gasteiger partial charge in [0.15, 0.2) is 0 Å². The molecule has 28 heavy (non-hydrogen) atoms.